The molecule has 1 aliphatic heterocycles. The molecule has 5 nitrogen and oxygen atoms in total. The average Bonchev–Trinajstić information content (AvgIpc) is 3.06. The number of hydrogen-bond donors (Lipinski definition) is 2. The maximum absolute atomic E-state index is 13.2. The Morgan fingerprint density at radius 2 is 2.00 bits per heavy atom. The van der Waals surface area contributed by atoms with Crippen molar-refractivity contribution in [3.8, 4) is 0 Å². The van der Waals surface area contributed by atoms with E-state index in [1.165, 1.54) is 31.5 Å². The van der Waals surface area contributed by atoms with Crippen LogP contribution in [0.15, 0.2) is 29.3 Å². The second kappa shape index (κ2) is 11.7. The SMILES string of the molecule is CCN1CCCC1CNC(=NC)NCC(c1ccc(F)cc1)N(C)C.I. The number of benzene rings is 1. The van der Waals surface area contributed by atoms with Gasteiger partial charge in [-0.25, -0.2) is 4.39 Å². The van der Waals surface area contributed by atoms with Gasteiger partial charge < -0.3 is 15.5 Å². The molecule has 0 radical (unpaired) electrons. The standard InChI is InChI=1S/C19H32FN5.HI/c1-5-25-12-6-7-17(25)13-22-19(21-2)23-14-18(24(3)4)15-8-10-16(20)11-9-15;/h8-11,17-18H,5-7,12-14H2,1-4H3,(H2,21,22,23);1H. The minimum absolute atomic E-state index is 0. The third-order valence-corrected chi connectivity index (χ3v) is 4.97. The van der Waals surface area contributed by atoms with Crippen molar-refractivity contribution in [3.05, 3.63) is 35.6 Å². The highest BCUT2D eigenvalue weighted by molar-refractivity contribution is 14.0. The molecule has 148 valence electrons. The van der Waals surface area contributed by atoms with E-state index >= 15 is 0 Å². The van der Waals surface area contributed by atoms with Crippen LogP contribution in [0.1, 0.15) is 31.4 Å². The zero-order valence-electron chi connectivity index (χ0n) is 16.3. The largest absolute Gasteiger partial charge is 0.355 e. The van der Waals surface area contributed by atoms with E-state index in [4.69, 9.17) is 0 Å². The highest BCUT2D eigenvalue weighted by Gasteiger charge is 2.23. The minimum atomic E-state index is -0.205. The lowest BCUT2D eigenvalue weighted by molar-refractivity contribution is 0.266. The molecule has 0 bridgehead atoms. The van der Waals surface area contributed by atoms with E-state index in [2.05, 4.69) is 32.3 Å². The Labute approximate surface area is 174 Å². The van der Waals surface area contributed by atoms with E-state index in [0.29, 0.717) is 12.6 Å². The first-order chi connectivity index (χ1) is 12.0. The summed E-state index contributed by atoms with van der Waals surface area (Å²) in [6.07, 6.45) is 2.52. The lowest BCUT2D eigenvalue weighted by Crippen LogP contribution is -2.46. The number of likely N-dealkylation sites (tertiary alicyclic amines) is 1. The van der Waals surface area contributed by atoms with E-state index in [9.17, 15) is 4.39 Å². The summed E-state index contributed by atoms with van der Waals surface area (Å²) >= 11 is 0. The molecule has 0 amide bonds. The van der Waals surface area contributed by atoms with Gasteiger partial charge in [0.05, 0.1) is 6.04 Å². The first-order valence-electron chi connectivity index (χ1n) is 9.15. The Balaban J connectivity index is 0.00000338. The molecule has 0 saturated carbocycles. The zero-order chi connectivity index (χ0) is 18.2. The molecule has 1 aliphatic rings. The normalized spacial score (nSPS) is 19.3. The summed E-state index contributed by atoms with van der Waals surface area (Å²) < 4.78 is 13.2. The van der Waals surface area contributed by atoms with Gasteiger partial charge in [0.25, 0.3) is 0 Å². The van der Waals surface area contributed by atoms with Gasteiger partial charge in [0.15, 0.2) is 5.96 Å². The fourth-order valence-electron chi connectivity index (χ4n) is 3.45. The van der Waals surface area contributed by atoms with Crippen LogP contribution in [0.5, 0.6) is 0 Å². The molecule has 0 aromatic heterocycles. The molecule has 1 heterocycles. The van der Waals surface area contributed by atoms with Crippen LogP contribution in [-0.4, -0.2) is 69.1 Å². The predicted molar refractivity (Wildman–Crippen MR) is 118 cm³/mol. The van der Waals surface area contributed by atoms with E-state index in [1.54, 1.807) is 7.05 Å². The zero-order valence-corrected chi connectivity index (χ0v) is 18.7. The number of nitrogens with zero attached hydrogens (tertiary/aromatic N) is 3. The van der Waals surface area contributed by atoms with E-state index in [0.717, 1.165) is 24.6 Å². The molecule has 1 saturated heterocycles. The summed E-state index contributed by atoms with van der Waals surface area (Å²) in [5.74, 6) is 0.612. The molecule has 1 aromatic carbocycles. The number of hydrogen-bond acceptors (Lipinski definition) is 3. The molecular weight excluding hydrogens is 444 g/mol. The van der Waals surface area contributed by atoms with Crippen molar-refractivity contribution in [1.29, 1.82) is 0 Å². The van der Waals surface area contributed by atoms with Crippen molar-refractivity contribution in [2.75, 3.05) is 47.3 Å². The Morgan fingerprint density at radius 3 is 2.58 bits per heavy atom. The van der Waals surface area contributed by atoms with Crippen molar-refractivity contribution < 1.29 is 4.39 Å². The Hall–Kier alpha value is -0.930. The highest BCUT2D eigenvalue weighted by atomic mass is 127. The lowest BCUT2D eigenvalue weighted by Gasteiger charge is -2.27. The van der Waals surface area contributed by atoms with Crippen molar-refractivity contribution in [1.82, 2.24) is 20.4 Å². The number of nitrogens with one attached hydrogen (secondary N) is 2. The number of halogens is 2. The summed E-state index contributed by atoms with van der Waals surface area (Å²) in [5.41, 5.74) is 1.09. The summed E-state index contributed by atoms with van der Waals surface area (Å²) in [5, 5.41) is 6.85. The maximum atomic E-state index is 13.2. The van der Waals surface area contributed by atoms with Crippen LogP contribution in [0.3, 0.4) is 0 Å². The number of likely N-dealkylation sites (N-methyl/N-ethyl adjacent to an activating group) is 2. The molecule has 7 heteroatoms. The van der Waals surface area contributed by atoms with Gasteiger partial charge in [-0.05, 0) is 57.7 Å². The minimum Gasteiger partial charge on any atom is -0.355 e. The van der Waals surface area contributed by atoms with Crippen LogP contribution in [-0.2, 0) is 0 Å². The summed E-state index contributed by atoms with van der Waals surface area (Å²) in [6.45, 7) is 6.14. The van der Waals surface area contributed by atoms with Crippen LogP contribution in [0.25, 0.3) is 0 Å². The van der Waals surface area contributed by atoms with Gasteiger partial charge in [0, 0.05) is 26.2 Å². The quantitative estimate of drug-likeness (QED) is 0.360. The molecule has 0 spiro atoms. The fraction of sp³-hybridized carbons (Fsp3) is 0.632. The molecule has 1 fully saturated rings. The van der Waals surface area contributed by atoms with Gasteiger partial charge >= 0.3 is 0 Å². The Morgan fingerprint density at radius 1 is 1.31 bits per heavy atom. The van der Waals surface area contributed by atoms with Crippen molar-refractivity contribution in [3.63, 3.8) is 0 Å². The third kappa shape index (κ3) is 6.66. The van der Waals surface area contributed by atoms with Crippen LogP contribution < -0.4 is 10.6 Å². The summed E-state index contributed by atoms with van der Waals surface area (Å²) in [7, 11) is 5.86. The molecule has 0 aliphatic carbocycles. The smallest absolute Gasteiger partial charge is 0.191 e. The second-order valence-corrected chi connectivity index (χ2v) is 6.79. The average molecular weight is 477 g/mol. The molecule has 26 heavy (non-hydrogen) atoms. The van der Waals surface area contributed by atoms with E-state index in [-0.39, 0.29) is 35.8 Å². The highest BCUT2D eigenvalue weighted by Crippen LogP contribution is 2.18. The van der Waals surface area contributed by atoms with Crippen molar-refractivity contribution >= 4 is 29.9 Å². The number of rotatable bonds is 7. The van der Waals surface area contributed by atoms with Gasteiger partial charge in [-0.3, -0.25) is 9.89 Å². The third-order valence-electron chi connectivity index (χ3n) is 4.97. The van der Waals surface area contributed by atoms with Gasteiger partial charge in [0.1, 0.15) is 5.82 Å². The molecular formula is C19H33FIN5. The Kier molecular flexibility index (Phi) is 10.4. The summed E-state index contributed by atoms with van der Waals surface area (Å²) in [4.78, 5) is 8.98. The first-order valence-corrected chi connectivity index (χ1v) is 9.15. The van der Waals surface area contributed by atoms with Crippen LogP contribution in [0.4, 0.5) is 4.39 Å². The topological polar surface area (TPSA) is 42.9 Å². The number of aliphatic imine (C=N–C) groups is 1. The number of guanidine groups is 1. The first kappa shape index (κ1) is 23.1. The molecule has 1 aromatic rings. The van der Waals surface area contributed by atoms with Crippen LogP contribution in [0.2, 0.25) is 0 Å². The van der Waals surface area contributed by atoms with Gasteiger partial charge in [-0.15, -0.1) is 24.0 Å². The second-order valence-electron chi connectivity index (χ2n) is 6.79. The molecule has 2 rings (SSSR count). The predicted octanol–water partition coefficient (Wildman–Crippen LogP) is 2.70. The van der Waals surface area contributed by atoms with Crippen molar-refractivity contribution in [2.45, 2.75) is 31.8 Å². The van der Waals surface area contributed by atoms with Crippen LogP contribution >= 0.6 is 24.0 Å². The van der Waals surface area contributed by atoms with Gasteiger partial charge in [-0.1, -0.05) is 19.1 Å². The van der Waals surface area contributed by atoms with Gasteiger partial charge in [-0.2, -0.15) is 0 Å². The monoisotopic (exact) mass is 477 g/mol. The van der Waals surface area contributed by atoms with E-state index < -0.39 is 0 Å². The van der Waals surface area contributed by atoms with E-state index in [1.807, 2.05) is 26.2 Å². The molecule has 2 N–H and O–H groups in total. The van der Waals surface area contributed by atoms with Crippen molar-refractivity contribution in [2.24, 2.45) is 4.99 Å². The van der Waals surface area contributed by atoms with Crippen LogP contribution in [0, 0.1) is 5.82 Å². The maximum Gasteiger partial charge on any atom is 0.191 e. The fourth-order valence-corrected chi connectivity index (χ4v) is 3.45. The lowest BCUT2D eigenvalue weighted by atomic mass is 10.1. The molecule has 2 unspecified atom stereocenters. The summed E-state index contributed by atoms with van der Waals surface area (Å²) in [6, 6.07) is 7.45. The molecule has 2 atom stereocenters. The van der Waals surface area contributed by atoms with Gasteiger partial charge in [0.2, 0.25) is 0 Å². The Bertz CT molecular complexity index is 549.